The molecular formula is C22H29N3O4S. The Balaban J connectivity index is 1.83. The molecule has 0 bridgehead atoms. The lowest BCUT2D eigenvalue weighted by Crippen LogP contribution is -2.43. The summed E-state index contributed by atoms with van der Waals surface area (Å²) in [5.41, 5.74) is 3.30. The van der Waals surface area contributed by atoms with Crippen LogP contribution in [0.1, 0.15) is 29.7 Å². The normalized spacial score (nSPS) is 16.2. The van der Waals surface area contributed by atoms with Crippen LogP contribution in [0.4, 0.5) is 5.69 Å². The molecule has 162 valence electrons. The van der Waals surface area contributed by atoms with Crippen LogP contribution in [0.2, 0.25) is 0 Å². The molecule has 7 nitrogen and oxygen atoms in total. The van der Waals surface area contributed by atoms with Gasteiger partial charge in [0.2, 0.25) is 15.9 Å². The van der Waals surface area contributed by atoms with E-state index in [4.69, 9.17) is 4.74 Å². The number of anilines is 1. The van der Waals surface area contributed by atoms with Crippen LogP contribution in [-0.2, 0) is 19.6 Å². The maximum atomic E-state index is 13.1. The van der Waals surface area contributed by atoms with Gasteiger partial charge in [0.15, 0.2) is 0 Å². The predicted molar refractivity (Wildman–Crippen MR) is 117 cm³/mol. The molecule has 8 heteroatoms. The van der Waals surface area contributed by atoms with Crippen LogP contribution < -0.4 is 10.0 Å². The molecule has 1 heterocycles. The lowest BCUT2D eigenvalue weighted by Gasteiger charge is -2.35. The Morgan fingerprint density at radius 1 is 1.10 bits per heavy atom. The number of carbonyl (C=O) groups excluding carboxylic acids is 1. The number of aryl methyl sites for hydroxylation is 2. The van der Waals surface area contributed by atoms with Gasteiger partial charge in [-0.1, -0.05) is 35.9 Å². The van der Waals surface area contributed by atoms with Gasteiger partial charge in [0.1, 0.15) is 0 Å². The highest BCUT2D eigenvalue weighted by molar-refractivity contribution is 7.89. The lowest BCUT2D eigenvalue weighted by atomic mass is 10.0. The number of morpholine rings is 1. The van der Waals surface area contributed by atoms with E-state index < -0.39 is 10.0 Å². The minimum Gasteiger partial charge on any atom is -0.379 e. The Labute approximate surface area is 178 Å². The second kappa shape index (κ2) is 9.70. The van der Waals surface area contributed by atoms with Crippen LogP contribution >= 0.6 is 0 Å². The summed E-state index contributed by atoms with van der Waals surface area (Å²) in [6.07, 6.45) is 0. The van der Waals surface area contributed by atoms with Gasteiger partial charge in [-0.2, -0.15) is 0 Å². The predicted octanol–water partition coefficient (Wildman–Crippen LogP) is 2.61. The van der Waals surface area contributed by atoms with Crippen molar-refractivity contribution in [1.82, 2.24) is 9.62 Å². The van der Waals surface area contributed by atoms with Gasteiger partial charge in [0.25, 0.3) is 0 Å². The smallest absolute Gasteiger partial charge is 0.240 e. The maximum absolute atomic E-state index is 13.1. The number of nitrogens with zero attached hydrogens (tertiary/aromatic N) is 1. The number of carbonyl (C=O) groups is 1. The number of amides is 1. The zero-order valence-electron chi connectivity index (χ0n) is 17.6. The van der Waals surface area contributed by atoms with E-state index in [2.05, 4.69) is 14.9 Å². The Bertz CT molecular complexity index is 984. The molecule has 2 aromatic rings. The van der Waals surface area contributed by atoms with Crippen LogP contribution in [-0.4, -0.2) is 52.1 Å². The Hall–Kier alpha value is -2.26. The minimum atomic E-state index is -3.76. The number of benzene rings is 2. The molecule has 1 amide bonds. The van der Waals surface area contributed by atoms with Crippen molar-refractivity contribution in [2.24, 2.45) is 0 Å². The van der Waals surface area contributed by atoms with Crippen LogP contribution in [0.3, 0.4) is 0 Å². The summed E-state index contributed by atoms with van der Waals surface area (Å²) in [5.74, 6) is -0.248. The molecule has 2 N–H and O–H groups in total. The van der Waals surface area contributed by atoms with E-state index >= 15 is 0 Å². The van der Waals surface area contributed by atoms with Crippen molar-refractivity contribution in [2.45, 2.75) is 31.7 Å². The van der Waals surface area contributed by atoms with Gasteiger partial charge in [-0.15, -0.1) is 0 Å². The highest BCUT2D eigenvalue weighted by Gasteiger charge is 2.26. The average molecular weight is 432 g/mol. The van der Waals surface area contributed by atoms with Gasteiger partial charge >= 0.3 is 0 Å². The molecule has 1 aliphatic heterocycles. The number of ether oxygens (including phenoxy) is 1. The Morgan fingerprint density at radius 3 is 2.40 bits per heavy atom. The van der Waals surface area contributed by atoms with Crippen LogP contribution in [0.15, 0.2) is 47.4 Å². The fraction of sp³-hybridized carbons (Fsp3) is 0.409. The quantitative estimate of drug-likeness (QED) is 0.704. The van der Waals surface area contributed by atoms with Gasteiger partial charge in [0, 0.05) is 38.3 Å². The van der Waals surface area contributed by atoms with E-state index in [9.17, 15) is 13.2 Å². The van der Waals surface area contributed by atoms with Crippen molar-refractivity contribution in [3.8, 4) is 0 Å². The fourth-order valence-electron chi connectivity index (χ4n) is 3.57. The molecular weight excluding hydrogens is 402 g/mol. The van der Waals surface area contributed by atoms with Crippen molar-refractivity contribution in [3.05, 3.63) is 59.2 Å². The van der Waals surface area contributed by atoms with Crippen molar-refractivity contribution < 1.29 is 17.9 Å². The first kappa shape index (κ1) is 22.4. The van der Waals surface area contributed by atoms with Crippen LogP contribution in [0, 0.1) is 13.8 Å². The number of rotatable bonds is 7. The molecule has 1 atom stereocenters. The zero-order valence-corrected chi connectivity index (χ0v) is 18.5. The van der Waals surface area contributed by atoms with E-state index in [1.54, 1.807) is 19.1 Å². The molecule has 0 aliphatic carbocycles. The fourth-order valence-corrected chi connectivity index (χ4v) is 4.88. The number of nitrogens with one attached hydrogen (secondary N) is 2. The number of hydrogen-bond donors (Lipinski definition) is 2. The molecule has 30 heavy (non-hydrogen) atoms. The summed E-state index contributed by atoms with van der Waals surface area (Å²) in [6, 6.07) is 13.0. The SMILES string of the molecule is CC(=O)Nc1ccc(C)c(S(=O)(=O)NCC(c2ccc(C)cc2)N2CCOCC2)c1. The summed E-state index contributed by atoms with van der Waals surface area (Å²) in [4.78, 5) is 13.8. The Kier molecular flexibility index (Phi) is 7.25. The number of sulfonamides is 1. The summed E-state index contributed by atoms with van der Waals surface area (Å²) in [5, 5.41) is 2.64. The minimum absolute atomic E-state index is 0.0943. The van der Waals surface area contributed by atoms with E-state index in [0.29, 0.717) is 24.5 Å². The third-order valence-corrected chi connectivity index (χ3v) is 6.78. The van der Waals surface area contributed by atoms with Gasteiger partial charge < -0.3 is 10.1 Å². The first-order valence-electron chi connectivity index (χ1n) is 10.0. The summed E-state index contributed by atoms with van der Waals surface area (Å²) in [7, 11) is -3.76. The molecule has 0 spiro atoms. The van der Waals surface area contributed by atoms with Gasteiger partial charge in [-0.05, 0) is 37.1 Å². The third-order valence-electron chi connectivity index (χ3n) is 5.21. The topological polar surface area (TPSA) is 87.7 Å². The van der Waals surface area contributed by atoms with E-state index in [1.807, 2.05) is 31.2 Å². The zero-order chi connectivity index (χ0) is 21.7. The summed E-state index contributed by atoms with van der Waals surface area (Å²) >= 11 is 0. The summed E-state index contributed by atoms with van der Waals surface area (Å²) < 4.78 is 34.4. The van der Waals surface area contributed by atoms with Crippen molar-refractivity contribution in [1.29, 1.82) is 0 Å². The lowest BCUT2D eigenvalue weighted by molar-refractivity contribution is -0.114. The molecule has 0 saturated carbocycles. The molecule has 1 fully saturated rings. The Morgan fingerprint density at radius 2 is 1.77 bits per heavy atom. The largest absolute Gasteiger partial charge is 0.379 e. The molecule has 0 radical (unpaired) electrons. The van der Waals surface area contributed by atoms with E-state index in [0.717, 1.165) is 24.2 Å². The average Bonchev–Trinajstić information content (AvgIpc) is 2.71. The van der Waals surface area contributed by atoms with Gasteiger partial charge in [-0.25, -0.2) is 13.1 Å². The molecule has 1 aliphatic rings. The second-order valence-corrected chi connectivity index (χ2v) is 9.32. The first-order chi connectivity index (χ1) is 14.3. The molecule has 1 unspecified atom stereocenters. The molecule has 0 aromatic heterocycles. The van der Waals surface area contributed by atoms with Crippen LogP contribution in [0.5, 0.6) is 0 Å². The summed E-state index contributed by atoms with van der Waals surface area (Å²) in [6.45, 7) is 8.16. The van der Waals surface area contributed by atoms with Crippen molar-refractivity contribution in [2.75, 3.05) is 38.2 Å². The third kappa shape index (κ3) is 5.66. The van der Waals surface area contributed by atoms with Crippen LogP contribution in [0.25, 0.3) is 0 Å². The second-order valence-electron chi connectivity index (χ2n) is 7.59. The highest BCUT2D eigenvalue weighted by atomic mass is 32.2. The van der Waals surface area contributed by atoms with E-state index in [1.165, 1.54) is 13.0 Å². The van der Waals surface area contributed by atoms with Gasteiger partial charge in [0.05, 0.1) is 18.1 Å². The van der Waals surface area contributed by atoms with E-state index in [-0.39, 0.29) is 23.4 Å². The monoisotopic (exact) mass is 431 g/mol. The first-order valence-corrected chi connectivity index (χ1v) is 11.5. The maximum Gasteiger partial charge on any atom is 0.240 e. The number of hydrogen-bond acceptors (Lipinski definition) is 5. The highest BCUT2D eigenvalue weighted by Crippen LogP contribution is 2.24. The molecule has 1 saturated heterocycles. The van der Waals surface area contributed by atoms with Crippen molar-refractivity contribution >= 4 is 21.6 Å². The standard InChI is InChI=1S/C22H29N3O4S/c1-16-4-7-19(8-5-16)21(25-10-12-29-13-11-25)15-23-30(27,28)22-14-20(24-18(3)26)9-6-17(22)2/h4-9,14,21,23H,10-13,15H2,1-3H3,(H,24,26). The molecule has 2 aromatic carbocycles. The van der Waals surface area contributed by atoms with Crippen molar-refractivity contribution in [3.63, 3.8) is 0 Å². The molecule has 3 rings (SSSR count). The van der Waals surface area contributed by atoms with Gasteiger partial charge in [-0.3, -0.25) is 9.69 Å².